The zero-order chi connectivity index (χ0) is 22.1. The summed E-state index contributed by atoms with van der Waals surface area (Å²) >= 11 is 1.45. The summed E-state index contributed by atoms with van der Waals surface area (Å²) in [4.78, 5) is 33.3. The first-order valence-electron chi connectivity index (χ1n) is 11.6. The maximum atomic E-state index is 12.9. The number of hydrogen-bond acceptors (Lipinski definition) is 6. The summed E-state index contributed by atoms with van der Waals surface area (Å²) in [6, 6.07) is 8.39. The molecule has 5 rings (SSSR count). The van der Waals surface area contributed by atoms with Crippen molar-refractivity contribution in [2.75, 3.05) is 18.0 Å². The van der Waals surface area contributed by atoms with E-state index in [2.05, 4.69) is 46.5 Å². The number of carbonyl (C=O) groups excluding carboxylic acids is 1. The number of carbonyl (C=O) groups is 1. The van der Waals surface area contributed by atoms with Crippen molar-refractivity contribution in [1.29, 1.82) is 0 Å². The lowest BCUT2D eigenvalue weighted by Gasteiger charge is -2.31. The molecule has 32 heavy (non-hydrogen) atoms. The number of amides is 1. The third-order valence-electron chi connectivity index (χ3n) is 6.63. The fourth-order valence-corrected chi connectivity index (χ4v) is 5.63. The zero-order valence-electron chi connectivity index (χ0n) is 18.5. The molecule has 1 aliphatic heterocycles. The average molecular weight is 452 g/mol. The van der Waals surface area contributed by atoms with Crippen molar-refractivity contribution in [3.63, 3.8) is 0 Å². The number of benzene rings is 1. The van der Waals surface area contributed by atoms with E-state index in [-0.39, 0.29) is 17.4 Å². The van der Waals surface area contributed by atoms with Crippen LogP contribution in [0.4, 0.5) is 5.13 Å². The molecule has 0 saturated carbocycles. The minimum absolute atomic E-state index is 0.0207. The Morgan fingerprint density at radius 3 is 2.75 bits per heavy atom. The van der Waals surface area contributed by atoms with Crippen LogP contribution >= 0.6 is 11.3 Å². The monoisotopic (exact) mass is 451 g/mol. The Morgan fingerprint density at radius 1 is 1.16 bits per heavy atom. The lowest BCUT2D eigenvalue weighted by molar-refractivity contribution is -0.125. The summed E-state index contributed by atoms with van der Waals surface area (Å²) in [5.74, 6) is 0.00435. The van der Waals surface area contributed by atoms with Crippen molar-refractivity contribution in [3.8, 4) is 0 Å². The highest BCUT2D eigenvalue weighted by molar-refractivity contribution is 7.20. The minimum atomic E-state index is -0.0800. The molecule has 1 amide bonds. The number of fused-ring (bicyclic) bond motifs is 2. The normalized spacial score (nSPS) is 18.5. The minimum Gasteiger partial charge on any atom is -0.352 e. The molecule has 168 valence electrons. The summed E-state index contributed by atoms with van der Waals surface area (Å²) in [7, 11) is 0. The second-order valence-corrected chi connectivity index (χ2v) is 9.74. The number of hydrogen-bond donors (Lipinski definition) is 1. The Morgan fingerprint density at radius 2 is 1.94 bits per heavy atom. The molecule has 0 bridgehead atoms. The summed E-state index contributed by atoms with van der Waals surface area (Å²) < 4.78 is 1.47. The highest BCUT2D eigenvalue weighted by atomic mass is 32.1. The molecule has 1 saturated heterocycles. The standard InChI is InChI=1S/C24H29N5O2S/c1-2-16-9-11-17(12-10-16)14-25-21(30)18-6-5-13-28(15-18)24-27-29-22(31)19-7-3-4-8-20(19)26-23(29)32-24/h9-12,18H,2-8,13-15H2,1H3,(H,25,30). The van der Waals surface area contributed by atoms with E-state index in [1.54, 1.807) is 0 Å². The van der Waals surface area contributed by atoms with Crippen molar-refractivity contribution >= 4 is 27.3 Å². The van der Waals surface area contributed by atoms with E-state index in [0.29, 0.717) is 18.1 Å². The van der Waals surface area contributed by atoms with Gasteiger partial charge in [0.1, 0.15) is 0 Å². The number of nitrogens with zero attached hydrogens (tertiary/aromatic N) is 4. The molecule has 1 aromatic carbocycles. The van der Waals surface area contributed by atoms with E-state index in [9.17, 15) is 9.59 Å². The lowest BCUT2D eigenvalue weighted by Crippen LogP contribution is -2.43. The van der Waals surface area contributed by atoms with Gasteiger partial charge in [-0.1, -0.05) is 42.5 Å². The Balaban J connectivity index is 1.28. The molecule has 1 N–H and O–H groups in total. The Bertz CT molecular complexity index is 1180. The molecule has 1 aliphatic carbocycles. The quantitative estimate of drug-likeness (QED) is 0.645. The number of piperidine rings is 1. The predicted molar refractivity (Wildman–Crippen MR) is 126 cm³/mol. The molecule has 1 atom stereocenters. The maximum absolute atomic E-state index is 12.9. The summed E-state index contributed by atoms with van der Waals surface area (Å²) in [5.41, 5.74) is 4.16. The molecule has 1 unspecified atom stereocenters. The van der Waals surface area contributed by atoms with Crippen LogP contribution in [0.15, 0.2) is 29.1 Å². The van der Waals surface area contributed by atoms with Gasteiger partial charge < -0.3 is 10.2 Å². The van der Waals surface area contributed by atoms with Crippen LogP contribution in [0.5, 0.6) is 0 Å². The van der Waals surface area contributed by atoms with Gasteiger partial charge in [-0.2, -0.15) is 4.52 Å². The van der Waals surface area contributed by atoms with Crippen LogP contribution in [0.3, 0.4) is 0 Å². The van der Waals surface area contributed by atoms with Crippen LogP contribution in [0.1, 0.15) is 55.0 Å². The van der Waals surface area contributed by atoms with E-state index in [4.69, 9.17) is 4.98 Å². The number of aromatic nitrogens is 3. The van der Waals surface area contributed by atoms with E-state index < -0.39 is 0 Å². The van der Waals surface area contributed by atoms with Crippen LogP contribution in [0.2, 0.25) is 0 Å². The van der Waals surface area contributed by atoms with Gasteiger partial charge in [-0.3, -0.25) is 9.59 Å². The lowest BCUT2D eigenvalue weighted by atomic mass is 9.97. The number of aryl methyl sites for hydroxylation is 2. The van der Waals surface area contributed by atoms with Gasteiger partial charge in [0.2, 0.25) is 16.0 Å². The molecule has 3 heterocycles. The second-order valence-electron chi connectivity index (χ2n) is 8.80. The number of rotatable bonds is 5. The highest BCUT2D eigenvalue weighted by Crippen LogP contribution is 2.28. The molecular formula is C24H29N5O2S. The van der Waals surface area contributed by atoms with Gasteiger partial charge in [0.15, 0.2) is 0 Å². The summed E-state index contributed by atoms with van der Waals surface area (Å²) in [5, 5.41) is 8.48. The molecule has 0 spiro atoms. The molecule has 2 aromatic heterocycles. The number of nitrogens with one attached hydrogen (secondary N) is 1. The Labute approximate surface area is 191 Å². The molecular weight excluding hydrogens is 422 g/mol. The van der Waals surface area contributed by atoms with Crippen LogP contribution in [-0.2, 0) is 30.6 Å². The summed E-state index contributed by atoms with van der Waals surface area (Å²) in [6.45, 7) is 4.15. The fraction of sp³-hybridized carbons (Fsp3) is 0.500. The van der Waals surface area contributed by atoms with Crippen LogP contribution in [-0.4, -0.2) is 33.6 Å². The van der Waals surface area contributed by atoms with E-state index in [1.165, 1.54) is 21.4 Å². The van der Waals surface area contributed by atoms with Gasteiger partial charge >= 0.3 is 0 Å². The molecule has 1 fully saturated rings. The highest BCUT2D eigenvalue weighted by Gasteiger charge is 2.28. The van der Waals surface area contributed by atoms with Gasteiger partial charge in [0.05, 0.1) is 11.6 Å². The van der Waals surface area contributed by atoms with Gasteiger partial charge in [-0.25, -0.2) is 4.98 Å². The van der Waals surface area contributed by atoms with Crippen molar-refractivity contribution in [1.82, 2.24) is 19.9 Å². The SMILES string of the molecule is CCc1ccc(CNC(=O)C2CCCN(c3nn4c(=O)c5c(nc4s3)CCCC5)C2)cc1. The van der Waals surface area contributed by atoms with Crippen molar-refractivity contribution in [2.24, 2.45) is 5.92 Å². The molecule has 8 heteroatoms. The zero-order valence-corrected chi connectivity index (χ0v) is 19.3. The van der Waals surface area contributed by atoms with Gasteiger partial charge in [-0.15, -0.1) is 5.10 Å². The van der Waals surface area contributed by atoms with E-state index in [0.717, 1.165) is 73.4 Å². The largest absolute Gasteiger partial charge is 0.352 e. The molecule has 3 aromatic rings. The van der Waals surface area contributed by atoms with E-state index in [1.807, 2.05) is 0 Å². The first-order valence-corrected chi connectivity index (χ1v) is 12.5. The van der Waals surface area contributed by atoms with Gasteiger partial charge in [-0.05, 0) is 56.1 Å². The Kier molecular flexibility index (Phi) is 5.95. The van der Waals surface area contributed by atoms with Crippen molar-refractivity contribution in [2.45, 2.75) is 58.4 Å². The molecule has 7 nitrogen and oxygen atoms in total. The van der Waals surface area contributed by atoms with Crippen LogP contribution < -0.4 is 15.8 Å². The maximum Gasteiger partial charge on any atom is 0.278 e. The van der Waals surface area contributed by atoms with Crippen LogP contribution in [0.25, 0.3) is 4.96 Å². The van der Waals surface area contributed by atoms with Crippen molar-refractivity contribution in [3.05, 3.63) is 57.0 Å². The molecule has 0 radical (unpaired) electrons. The van der Waals surface area contributed by atoms with E-state index >= 15 is 0 Å². The van der Waals surface area contributed by atoms with Crippen LogP contribution in [0, 0.1) is 5.92 Å². The Hall–Kier alpha value is -2.74. The fourth-order valence-electron chi connectivity index (χ4n) is 4.68. The predicted octanol–water partition coefficient (Wildman–Crippen LogP) is 3.13. The smallest absolute Gasteiger partial charge is 0.278 e. The second kappa shape index (κ2) is 9.02. The first kappa shape index (κ1) is 21.1. The first-order chi connectivity index (χ1) is 15.6. The van der Waals surface area contributed by atoms with Gasteiger partial charge in [0, 0.05) is 25.2 Å². The third-order valence-corrected chi connectivity index (χ3v) is 7.60. The number of anilines is 1. The van der Waals surface area contributed by atoms with Gasteiger partial charge in [0.25, 0.3) is 5.56 Å². The van der Waals surface area contributed by atoms with Crippen molar-refractivity contribution < 1.29 is 4.79 Å². The molecule has 2 aliphatic rings. The average Bonchev–Trinajstić information content (AvgIpc) is 3.27. The topological polar surface area (TPSA) is 79.6 Å². The summed E-state index contributed by atoms with van der Waals surface area (Å²) in [6.07, 6.45) is 6.62. The third kappa shape index (κ3) is 4.16.